The average molecular weight is 313 g/mol. The number of hydrogen-bond donors (Lipinski definition) is 2. The standard InChI is InChI=1S/C16H35N5O/c1-6-17-16(19-14(3)13-22-5)18-12-15(4)21-10-8-20(7-2)9-11-21/h14-15H,6-13H2,1-5H3,(H2,17,18,19). The minimum absolute atomic E-state index is 0.256. The minimum Gasteiger partial charge on any atom is -0.383 e. The molecule has 0 aromatic heterocycles. The lowest BCUT2D eigenvalue weighted by molar-refractivity contribution is 0.109. The van der Waals surface area contributed by atoms with Crippen LogP contribution in [0.2, 0.25) is 0 Å². The molecule has 6 nitrogen and oxygen atoms in total. The van der Waals surface area contributed by atoms with E-state index in [1.165, 1.54) is 13.1 Å². The summed E-state index contributed by atoms with van der Waals surface area (Å²) < 4.78 is 5.17. The summed E-state index contributed by atoms with van der Waals surface area (Å²) in [4.78, 5) is 9.78. The van der Waals surface area contributed by atoms with Gasteiger partial charge in [0, 0.05) is 51.9 Å². The van der Waals surface area contributed by atoms with Crippen molar-refractivity contribution >= 4 is 5.96 Å². The molecule has 0 aromatic rings. The van der Waals surface area contributed by atoms with E-state index in [1.807, 2.05) is 0 Å². The highest BCUT2D eigenvalue weighted by Gasteiger charge is 2.19. The zero-order valence-corrected chi connectivity index (χ0v) is 15.1. The highest BCUT2D eigenvalue weighted by atomic mass is 16.5. The second kappa shape index (κ2) is 10.8. The van der Waals surface area contributed by atoms with Gasteiger partial charge >= 0.3 is 0 Å². The fourth-order valence-electron chi connectivity index (χ4n) is 2.70. The Morgan fingerprint density at radius 2 is 1.86 bits per heavy atom. The summed E-state index contributed by atoms with van der Waals surface area (Å²) >= 11 is 0. The number of likely N-dealkylation sites (N-methyl/N-ethyl adjacent to an activating group) is 1. The van der Waals surface area contributed by atoms with E-state index < -0.39 is 0 Å². The molecule has 0 bridgehead atoms. The number of hydrogen-bond acceptors (Lipinski definition) is 4. The molecule has 0 amide bonds. The molecule has 0 aliphatic carbocycles. The lowest BCUT2D eigenvalue weighted by Crippen LogP contribution is -2.50. The van der Waals surface area contributed by atoms with Crippen molar-refractivity contribution < 1.29 is 4.74 Å². The first kappa shape index (κ1) is 19.2. The Labute approximate surface area is 136 Å². The number of methoxy groups -OCH3 is 1. The van der Waals surface area contributed by atoms with Crippen LogP contribution < -0.4 is 10.6 Å². The Morgan fingerprint density at radius 1 is 1.18 bits per heavy atom. The number of nitrogens with one attached hydrogen (secondary N) is 2. The number of ether oxygens (including phenoxy) is 1. The van der Waals surface area contributed by atoms with Crippen LogP contribution in [-0.4, -0.2) is 87.4 Å². The van der Waals surface area contributed by atoms with Crippen LogP contribution in [0.4, 0.5) is 0 Å². The van der Waals surface area contributed by atoms with Crippen molar-refractivity contribution in [1.29, 1.82) is 0 Å². The monoisotopic (exact) mass is 313 g/mol. The summed E-state index contributed by atoms with van der Waals surface area (Å²) in [5.41, 5.74) is 0. The van der Waals surface area contributed by atoms with Gasteiger partial charge in [-0.3, -0.25) is 9.89 Å². The van der Waals surface area contributed by atoms with E-state index in [9.17, 15) is 0 Å². The summed E-state index contributed by atoms with van der Waals surface area (Å²) in [6.45, 7) is 16.9. The highest BCUT2D eigenvalue weighted by molar-refractivity contribution is 5.80. The molecule has 2 N–H and O–H groups in total. The molecule has 1 aliphatic heterocycles. The molecule has 1 aliphatic rings. The molecule has 1 fully saturated rings. The van der Waals surface area contributed by atoms with Gasteiger partial charge in [-0.25, -0.2) is 0 Å². The molecule has 0 aromatic carbocycles. The second-order valence-electron chi connectivity index (χ2n) is 6.04. The van der Waals surface area contributed by atoms with Crippen LogP contribution in [0.3, 0.4) is 0 Å². The summed E-state index contributed by atoms with van der Waals surface area (Å²) in [5, 5.41) is 6.68. The normalized spacial score (nSPS) is 20.7. The first-order chi connectivity index (χ1) is 10.6. The van der Waals surface area contributed by atoms with Gasteiger partial charge in [0.25, 0.3) is 0 Å². The predicted molar refractivity (Wildman–Crippen MR) is 93.6 cm³/mol. The van der Waals surface area contributed by atoms with Crippen molar-refractivity contribution in [3.05, 3.63) is 0 Å². The Bertz CT molecular complexity index is 316. The molecular weight excluding hydrogens is 278 g/mol. The maximum atomic E-state index is 5.17. The van der Waals surface area contributed by atoms with Crippen molar-refractivity contribution in [2.45, 2.75) is 39.8 Å². The van der Waals surface area contributed by atoms with Crippen molar-refractivity contribution in [2.24, 2.45) is 4.99 Å². The summed E-state index contributed by atoms with van der Waals surface area (Å²) in [7, 11) is 1.72. The largest absolute Gasteiger partial charge is 0.383 e. The van der Waals surface area contributed by atoms with Gasteiger partial charge < -0.3 is 20.3 Å². The van der Waals surface area contributed by atoms with Gasteiger partial charge in [0.2, 0.25) is 0 Å². The SMILES string of the molecule is CCNC(=NCC(C)N1CCN(CC)CC1)NC(C)COC. The average Bonchev–Trinajstić information content (AvgIpc) is 2.53. The van der Waals surface area contributed by atoms with Crippen LogP contribution >= 0.6 is 0 Å². The van der Waals surface area contributed by atoms with Crippen molar-refractivity contribution in [1.82, 2.24) is 20.4 Å². The van der Waals surface area contributed by atoms with Crippen LogP contribution in [0, 0.1) is 0 Å². The Hall–Kier alpha value is -0.850. The van der Waals surface area contributed by atoms with Crippen LogP contribution in [0.5, 0.6) is 0 Å². The lowest BCUT2D eigenvalue weighted by Gasteiger charge is -2.37. The number of nitrogens with zero attached hydrogens (tertiary/aromatic N) is 3. The van der Waals surface area contributed by atoms with Crippen molar-refractivity contribution in [2.75, 3.05) is 59.5 Å². The van der Waals surface area contributed by atoms with E-state index in [-0.39, 0.29) is 6.04 Å². The molecule has 1 saturated heterocycles. The topological polar surface area (TPSA) is 52.1 Å². The number of piperazine rings is 1. The maximum Gasteiger partial charge on any atom is 0.191 e. The van der Waals surface area contributed by atoms with E-state index in [1.54, 1.807) is 7.11 Å². The quantitative estimate of drug-likeness (QED) is 0.508. The zero-order valence-electron chi connectivity index (χ0n) is 15.1. The Balaban J connectivity index is 2.43. The number of guanidine groups is 1. The van der Waals surface area contributed by atoms with E-state index >= 15 is 0 Å². The molecule has 1 heterocycles. The third kappa shape index (κ3) is 6.94. The molecule has 2 unspecified atom stereocenters. The van der Waals surface area contributed by atoms with Crippen LogP contribution in [0.25, 0.3) is 0 Å². The minimum atomic E-state index is 0.256. The first-order valence-electron chi connectivity index (χ1n) is 8.60. The molecule has 2 atom stereocenters. The molecule has 0 spiro atoms. The molecule has 130 valence electrons. The van der Waals surface area contributed by atoms with Gasteiger partial charge in [0.1, 0.15) is 0 Å². The van der Waals surface area contributed by atoms with Gasteiger partial charge in [-0.15, -0.1) is 0 Å². The van der Waals surface area contributed by atoms with Gasteiger partial charge in [0.05, 0.1) is 13.2 Å². The number of aliphatic imine (C=N–C) groups is 1. The molecule has 0 saturated carbocycles. The predicted octanol–water partition coefficient (Wildman–Crippen LogP) is 0.602. The maximum absolute atomic E-state index is 5.17. The molecule has 22 heavy (non-hydrogen) atoms. The van der Waals surface area contributed by atoms with Gasteiger partial charge in [0.15, 0.2) is 5.96 Å². The number of rotatable bonds is 8. The van der Waals surface area contributed by atoms with Crippen molar-refractivity contribution in [3.8, 4) is 0 Å². The molecule has 0 radical (unpaired) electrons. The van der Waals surface area contributed by atoms with Gasteiger partial charge in [-0.05, 0) is 27.3 Å². The second-order valence-corrected chi connectivity index (χ2v) is 6.04. The molecular formula is C16H35N5O. The Kier molecular flexibility index (Phi) is 9.43. The third-order valence-electron chi connectivity index (χ3n) is 4.14. The zero-order chi connectivity index (χ0) is 16.4. The summed E-state index contributed by atoms with van der Waals surface area (Å²) in [6, 6.07) is 0.735. The van der Waals surface area contributed by atoms with Crippen LogP contribution in [0.15, 0.2) is 4.99 Å². The summed E-state index contributed by atoms with van der Waals surface area (Å²) in [5.74, 6) is 0.881. The summed E-state index contributed by atoms with van der Waals surface area (Å²) in [6.07, 6.45) is 0. The highest BCUT2D eigenvalue weighted by Crippen LogP contribution is 2.06. The van der Waals surface area contributed by atoms with E-state index in [2.05, 4.69) is 48.1 Å². The fourth-order valence-corrected chi connectivity index (χ4v) is 2.70. The lowest BCUT2D eigenvalue weighted by atomic mass is 10.2. The Morgan fingerprint density at radius 3 is 2.41 bits per heavy atom. The van der Waals surface area contributed by atoms with E-state index in [4.69, 9.17) is 9.73 Å². The van der Waals surface area contributed by atoms with E-state index in [0.29, 0.717) is 12.6 Å². The molecule has 1 rings (SSSR count). The van der Waals surface area contributed by atoms with Gasteiger partial charge in [-0.1, -0.05) is 6.92 Å². The van der Waals surface area contributed by atoms with Crippen molar-refractivity contribution in [3.63, 3.8) is 0 Å². The smallest absolute Gasteiger partial charge is 0.191 e. The van der Waals surface area contributed by atoms with Crippen LogP contribution in [0.1, 0.15) is 27.7 Å². The van der Waals surface area contributed by atoms with Crippen LogP contribution in [-0.2, 0) is 4.74 Å². The fraction of sp³-hybridized carbons (Fsp3) is 0.938. The molecule has 6 heteroatoms. The first-order valence-corrected chi connectivity index (χ1v) is 8.60. The van der Waals surface area contributed by atoms with E-state index in [0.717, 1.165) is 38.7 Å². The third-order valence-corrected chi connectivity index (χ3v) is 4.14. The van der Waals surface area contributed by atoms with Gasteiger partial charge in [-0.2, -0.15) is 0 Å².